The second-order valence-electron chi connectivity index (χ2n) is 4.43. The number of imide groups is 1. The Bertz CT molecular complexity index is 358. The predicted molar refractivity (Wildman–Crippen MR) is 63.7 cm³/mol. The van der Waals surface area contributed by atoms with E-state index >= 15 is 0 Å². The molecule has 1 aliphatic heterocycles. The molecule has 7 nitrogen and oxygen atoms in total. The highest BCUT2D eigenvalue weighted by Crippen LogP contribution is 2.20. The van der Waals surface area contributed by atoms with Gasteiger partial charge in [0.05, 0.1) is 0 Å². The molecule has 0 saturated carbocycles. The molecule has 0 bridgehead atoms. The van der Waals surface area contributed by atoms with Crippen LogP contribution in [0.2, 0.25) is 0 Å². The van der Waals surface area contributed by atoms with E-state index in [9.17, 15) is 14.4 Å². The summed E-state index contributed by atoms with van der Waals surface area (Å²) in [6.07, 6.45) is 0.915. The highest BCUT2D eigenvalue weighted by molar-refractivity contribution is 6.08. The number of nitrogens with one attached hydrogen (secondary N) is 2. The van der Waals surface area contributed by atoms with Crippen molar-refractivity contribution in [3.63, 3.8) is 0 Å². The van der Waals surface area contributed by atoms with Crippen LogP contribution in [0.4, 0.5) is 4.79 Å². The maximum Gasteiger partial charge on any atom is 0.325 e. The average molecular weight is 257 g/mol. The predicted octanol–water partition coefficient (Wildman–Crippen LogP) is -0.794. The van der Waals surface area contributed by atoms with Crippen LogP contribution in [0, 0.1) is 0 Å². The number of urea groups is 1. The Morgan fingerprint density at radius 2 is 2.17 bits per heavy atom. The zero-order valence-corrected chi connectivity index (χ0v) is 10.7. The molecule has 1 unspecified atom stereocenters. The summed E-state index contributed by atoms with van der Waals surface area (Å²) < 4.78 is 0. The number of carbonyl (C=O) groups excluding carboxylic acids is 3. The molecule has 1 fully saturated rings. The minimum atomic E-state index is -0.914. The Kier molecular flexibility index (Phi) is 4.66. The lowest BCUT2D eigenvalue weighted by Gasteiger charge is -2.19. The summed E-state index contributed by atoms with van der Waals surface area (Å²) in [7, 11) is 0. The number of carbonyl (C=O) groups is 3. The summed E-state index contributed by atoms with van der Waals surface area (Å²) in [4.78, 5) is 36.0. The lowest BCUT2D eigenvalue weighted by molar-refractivity contribution is -0.134. The molecule has 1 saturated heterocycles. The van der Waals surface area contributed by atoms with E-state index in [-0.39, 0.29) is 19.1 Å². The van der Waals surface area contributed by atoms with Crippen molar-refractivity contribution in [1.29, 1.82) is 0 Å². The zero-order valence-electron chi connectivity index (χ0n) is 10.7. The van der Waals surface area contributed by atoms with Gasteiger partial charge in [-0.25, -0.2) is 4.79 Å². The fourth-order valence-corrected chi connectivity index (χ4v) is 1.64. The molecule has 4 amide bonds. The van der Waals surface area contributed by atoms with Gasteiger partial charge in [0.1, 0.15) is 12.1 Å². The van der Waals surface area contributed by atoms with E-state index in [1.807, 2.05) is 0 Å². The molecule has 0 aliphatic carbocycles. The van der Waals surface area contributed by atoms with Crippen molar-refractivity contribution in [1.82, 2.24) is 15.5 Å². The molecule has 1 heterocycles. The van der Waals surface area contributed by atoms with Crippen LogP contribution in [-0.2, 0) is 9.59 Å². The number of aliphatic hydroxyl groups excluding tert-OH is 1. The molecule has 3 N–H and O–H groups in total. The molecule has 0 aromatic heterocycles. The molecule has 7 heteroatoms. The molecule has 18 heavy (non-hydrogen) atoms. The van der Waals surface area contributed by atoms with Gasteiger partial charge in [-0.1, -0.05) is 6.92 Å². The van der Waals surface area contributed by atoms with Crippen LogP contribution in [-0.4, -0.2) is 53.1 Å². The highest BCUT2D eigenvalue weighted by Gasteiger charge is 2.46. The summed E-state index contributed by atoms with van der Waals surface area (Å²) in [5.41, 5.74) is -0.914. The van der Waals surface area contributed by atoms with Gasteiger partial charge in [-0.3, -0.25) is 14.5 Å². The molecule has 0 radical (unpaired) electrons. The molecular formula is C11H19N3O4. The topological polar surface area (TPSA) is 98.7 Å². The fourth-order valence-electron chi connectivity index (χ4n) is 1.64. The first kappa shape index (κ1) is 14.4. The van der Waals surface area contributed by atoms with Crippen molar-refractivity contribution in [2.45, 2.75) is 32.2 Å². The van der Waals surface area contributed by atoms with Gasteiger partial charge in [0.15, 0.2) is 0 Å². The third-order valence-electron chi connectivity index (χ3n) is 3.01. The normalized spacial score (nSPS) is 23.2. The molecule has 1 atom stereocenters. The van der Waals surface area contributed by atoms with Gasteiger partial charge in [0, 0.05) is 13.2 Å². The van der Waals surface area contributed by atoms with E-state index in [0.717, 1.165) is 4.90 Å². The molecule has 1 rings (SSSR count). The van der Waals surface area contributed by atoms with E-state index in [4.69, 9.17) is 5.11 Å². The van der Waals surface area contributed by atoms with E-state index in [1.54, 1.807) is 13.8 Å². The van der Waals surface area contributed by atoms with Crippen molar-refractivity contribution < 1.29 is 19.5 Å². The van der Waals surface area contributed by atoms with Crippen molar-refractivity contribution in [3.8, 4) is 0 Å². The highest BCUT2D eigenvalue weighted by atomic mass is 16.3. The Labute approximate surface area is 106 Å². The Morgan fingerprint density at radius 3 is 2.67 bits per heavy atom. The van der Waals surface area contributed by atoms with Gasteiger partial charge in [0.2, 0.25) is 5.91 Å². The van der Waals surface area contributed by atoms with Crippen LogP contribution in [0.3, 0.4) is 0 Å². The molecular weight excluding hydrogens is 238 g/mol. The zero-order chi connectivity index (χ0) is 13.8. The minimum absolute atomic E-state index is 0.0166. The van der Waals surface area contributed by atoms with Crippen LogP contribution >= 0.6 is 0 Å². The SMILES string of the molecule is CCC1(C)NC(=O)N(CC(=O)NCCCO)C1=O. The third-order valence-corrected chi connectivity index (χ3v) is 3.01. The Morgan fingerprint density at radius 1 is 1.50 bits per heavy atom. The van der Waals surface area contributed by atoms with Crippen molar-refractivity contribution >= 4 is 17.8 Å². The number of aliphatic hydroxyl groups is 1. The Hall–Kier alpha value is -1.63. The number of hydrogen-bond donors (Lipinski definition) is 3. The van der Waals surface area contributed by atoms with Gasteiger partial charge in [0.25, 0.3) is 5.91 Å². The molecule has 0 aromatic rings. The second-order valence-corrected chi connectivity index (χ2v) is 4.43. The van der Waals surface area contributed by atoms with E-state index in [1.165, 1.54) is 0 Å². The van der Waals surface area contributed by atoms with Gasteiger partial charge in [-0.15, -0.1) is 0 Å². The fraction of sp³-hybridized carbons (Fsp3) is 0.727. The summed E-state index contributed by atoms with van der Waals surface area (Å²) in [6.45, 7) is 3.45. The van der Waals surface area contributed by atoms with E-state index < -0.39 is 17.5 Å². The summed E-state index contributed by atoms with van der Waals surface area (Å²) in [5, 5.41) is 13.7. The lowest BCUT2D eigenvalue weighted by atomic mass is 9.99. The lowest BCUT2D eigenvalue weighted by Crippen LogP contribution is -2.44. The van der Waals surface area contributed by atoms with Gasteiger partial charge in [-0.05, 0) is 19.8 Å². The largest absolute Gasteiger partial charge is 0.396 e. The number of hydrogen-bond acceptors (Lipinski definition) is 4. The number of rotatable bonds is 6. The average Bonchev–Trinajstić information content (AvgIpc) is 2.54. The monoisotopic (exact) mass is 257 g/mol. The minimum Gasteiger partial charge on any atom is -0.396 e. The van der Waals surface area contributed by atoms with Crippen LogP contribution in [0.25, 0.3) is 0 Å². The van der Waals surface area contributed by atoms with E-state index in [0.29, 0.717) is 19.4 Å². The first-order chi connectivity index (χ1) is 8.44. The third kappa shape index (κ3) is 2.98. The van der Waals surface area contributed by atoms with Crippen LogP contribution in [0.15, 0.2) is 0 Å². The van der Waals surface area contributed by atoms with Crippen LogP contribution < -0.4 is 10.6 Å². The standard InChI is InChI=1S/C11H19N3O4/c1-3-11(2)9(17)14(10(18)13-11)7-8(16)12-5-4-6-15/h15H,3-7H2,1-2H3,(H,12,16)(H,13,18). The van der Waals surface area contributed by atoms with Crippen molar-refractivity contribution in [2.24, 2.45) is 0 Å². The van der Waals surface area contributed by atoms with Gasteiger partial charge in [-0.2, -0.15) is 0 Å². The summed E-state index contributed by atoms with van der Waals surface area (Å²) in [6, 6.07) is -0.540. The number of nitrogens with zero attached hydrogens (tertiary/aromatic N) is 1. The van der Waals surface area contributed by atoms with E-state index in [2.05, 4.69) is 10.6 Å². The van der Waals surface area contributed by atoms with Crippen molar-refractivity contribution in [2.75, 3.05) is 19.7 Å². The maximum absolute atomic E-state index is 12.0. The molecule has 102 valence electrons. The Balaban J connectivity index is 2.55. The smallest absolute Gasteiger partial charge is 0.325 e. The van der Waals surface area contributed by atoms with Crippen LogP contribution in [0.5, 0.6) is 0 Å². The molecule has 1 aliphatic rings. The quantitative estimate of drug-likeness (QED) is 0.429. The van der Waals surface area contributed by atoms with Gasteiger partial charge < -0.3 is 15.7 Å². The van der Waals surface area contributed by atoms with Crippen molar-refractivity contribution in [3.05, 3.63) is 0 Å². The molecule has 0 spiro atoms. The molecule has 0 aromatic carbocycles. The second kappa shape index (κ2) is 5.81. The van der Waals surface area contributed by atoms with Crippen LogP contribution in [0.1, 0.15) is 26.7 Å². The maximum atomic E-state index is 12.0. The van der Waals surface area contributed by atoms with Gasteiger partial charge >= 0.3 is 6.03 Å². The summed E-state index contributed by atoms with van der Waals surface area (Å²) in [5.74, 6) is -0.792. The first-order valence-electron chi connectivity index (χ1n) is 5.96. The summed E-state index contributed by atoms with van der Waals surface area (Å²) >= 11 is 0. The number of amides is 4. The first-order valence-corrected chi connectivity index (χ1v) is 5.96.